The van der Waals surface area contributed by atoms with E-state index in [2.05, 4.69) is 92.8 Å². The summed E-state index contributed by atoms with van der Waals surface area (Å²) < 4.78 is 0. The molecule has 52 heavy (non-hydrogen) atoms. The molecule has 0 aromatic heterocycles. The van der Waals surface area contributed by atoms with Crippen molar-refractivity contribution in [3.63, 3.8) is 0 Å². The van der Waals surface area contributed by atoms with Crippen molar-refractivity contribution in [2.24, 2.45) is 61.0 Å². The van der Waals surface area contributed by atoms with Crippen LogP contribution in [0.1, 0.15) is 144 Å². The van der Waals surface area contributed by atoms with Crippen molar-refractivity contribution < 1.29 is 0 Å². The zero-order chi connectivity index (χ0) is 41.8. The van der Waals surface area contributed by atoms with Crippen LogP contribution < -0.4 is 16.8 Å². The Morgan fingerprint density at radius 1 is 0.808 bits per heavy atom. The summed E-state index contributed by atoms with van der Waals surface area (Å²) >= 11 is 3.40. The number of nitrogens with two attached hydrogens (primary N) is 2. The monoisotopic (exact) mass is 770 g/mol. The van der Waals surface area contributed by atoms with Crippen LogP contribution >= 0.6 is 23.5 Å². The van der Waals surface area contributed by atoms with Gasteiger partial charge in [0.15, 0.2) is 5.17 Å². The topological polar surface area (TPSA) is 161 Å². The van der Waals surface area contributed by atoms with Crippen LogP contribution in [0, 0.1) is 40.4 Å². The van der Waals surface area contributed by atoms with Gasteiger partial charge in [0.25, 0.3) is 0 Å². The first-order valence-electron chi connectivity index (χ1n) is 19.2. The van der Waals surface area contributed by atoms with Crippen molar-refractivity contribution in [3.05, 3.63) is 12.2 Å². The highest BCUT2D eigenvalue weighted by Gasteiger charge is 2.08. The minimum Gasteiger partial charge on any atom is -0.388 e. The molecular weight excluding hydrogens is 683 g/mol. The Balaban J connectivity index is -0.000000166. The van der Waals surface area contributed by atoms with E-state index in [4.69, 9.17) is 22.3 Å². The van der Waals surface area contributed by atoms with Crippen molar-refractivity contribution in [3.8, 4) is 0 Å². The molecule has 0 radical (unpaired) electrons. The molecular formula is C41H87N9S2. The highest BCUT2D eigenvalue weighted by molar-refractivity contribution is 8.14. The Labute approximate surface area is 332 Å². The summed E-state index contributed by atoms with van der Waals surface area (Å²) in [6.07, 6.45) is 9.40. The van der Waals surface area contributed by atoms with Gasteiger partial charge < -0.3 is 27.6 Å². The molecule has 0 spiro atoms. The average molecular weight is 770 g/mol. The van der Waals surface area contributed by atoms with Gasteiger partial charge in [-0.2, -0.15) is 0 Å². The number of nitrogens with one attached hydrogen (secondary N) is 3. The SMILES string of the molecule is C/C=C/C(C)C.CC(=N)C(C)C.CC(=N)CC(C)C.CC(C)CC1=NCCN1.CC(C)CC1=NCCS1.CC(N)=NC(C)C.CSC(N)=NC(C)C. The minimum atomic E-state index is 0.322. The lowest BCUT2D eigenvalue weighted by Gasteiger charge is -2.03. The lowest BCUT2D eigenvalue weighted by atomic mass is 10.1. The summed E-state index contributed by atoms with van der Waals surface area (Å²) in [5.74, 6) is 6.38. The number of hydrogen-bond acceptors (Lipinski definition) is 9. The van der Waals surface area contributed by atoms with Crippen molar-refractivity contribution in [1.82, 2.24) is 5.32 Å². The smallest absolute Gasteiger partial charge is 0.153 e. The summed E-state index contributed by atoms with van der Waals surface area (Å²) in [5, 5.41) is 19.2. The third-order valence-corrected chi connectivity index (χ3v) is 7.33. The second kappa shape index (κ2) is 40.1. The maximum atomic E-state index is 7.02. The van der Waals surface area contributed by atoms with Crippen LogP contribution in [0.4, 0.5) is 0 Å². The van der Waals surface area contributed by atoms with Gasteiger partial charge in [-0.25, -0.2) is 0 Å². The Morgan fingerprint density at radius 2 is 1.31 bits per heavy atom. The fraction of sp³-hybridized carbons (Fsp3) is 0.805. The third-order valence-electron chi connectivity index (χ3n) is 5.79. The van der Waals surface area contributed by atoms with Gasteiger partial charge in [0.05, 0.1) is 23.3 Å². The van der Waals surface area contributed by atoms with Crippen molar-refractivity contribution in [2.45, 2.75) is 156 Å². The molecule has 7 N–H and O–H groups in total. The number of rotatable bonds is 10. The maximum Gasteiger partial charge on any atom is 0.153 e. The second-order valence-electron chi connectivity index (χ2n) is 15.2. The van der Waals surface area contributed by atoms with Gasteiger partial charge >= 0.3 is 0 Å². The van der Waals surface area contributed by atoms with Crippen LogP contribution in [0.2, 0.25) is 0 Å². The summed E-state index contributed by atoms with van der Waals surface area (Å²) in [4.78, 5) is 16.7. The van der Waals surface area contributed by atoms with E-state index in [-0.39, 0.29) is 0 Å². The fourth-order valence-corrected chi connectivity index (χ4v) is 4.90. The summed E-state index contributed by atoms with van der Waals surface area (Å²) in [5.41, 5.74) is 12.2. The van der Waals surface area contributed by atoms with Gasteiger partial charge in [-0.05, 0) is 104 Å². The van der Waals surface area contributed by atoms with E-state index in [1.807, 2.05) is 80.3 Å². The van der Waals surface area contributed by atoms with E-state index < -0.39 is 0 Å². The van der Waals surface area contributed by atoms with Crippen LogP contribution in [0.5, 0.6) is 0 Å². The molecule has 0 bridgehead atoms. The second-order valence-corrected chi connectivity index (χ2v) is 17.2. The van der Waals surface area contributed by atoms with Crippen LogP contribution in [0.15, 0.2) is 32.1 Å². The molecule has 308 valence electrons. The molecule has 0 saturated heterocycles. The standard InChI is InChI=1S/C7H14N2.C7H13NS.C6H13N.C6H12.C5H12N2S.C5H12N2.C5H11N/c2*1-6(2)5-7-8-3-4-9-7;1-5(2)4-6(3)7;1-4-5-6(2)3;1-4(2)7-5(6)8-3;1-4(2)7-5(3)6;1-4(2)5(3)6/h6H,3-5H2,1-2H3,(H,8,9);6H,3-5H2,1-2H3;5,7H,4H2,1-3H3;4-6H,1-3H3;4H,1-3H3,(H2,6,7);4H,1-3H3,(H2,6,7);4,6H,1-3H3/b;;;5-4+;;;. The molecule has 2 heterocycles. The minimum absolute atomic E-state index is 0.322. The van der Waals surface area contributed by atoms with E-state index in [9.17, 15) is 0 Å². The molecule has 11 heteroatoms. The highest BCUT2D eigenvalue weighted by atomic mass is 32.2. The quantitative estimate of drug-likeness (QED) is 0.0847. The highest BCUT2D eigenvalue weighted by Crippen LogP contribution is 2.17. The predicted octanol–water partition coefficient (Wildman–Crippen LogP) is 11.0. The molecule has 0 atom stereocenters. The van der Waals surface area contributed by atoms with E-state index in [1.54, 1.807) is 6.92 Å². The Hall–Kier alpha value is -2.14. The number of nitrogens with zero attached hydrogens (tertiary/aromatic N) is 4. The van der Waals surface area contributed by atoms with E-state index in [0.29, 0.717) is 34.9 Å². The molecule has 0 amide bonds. The Bertz CT molecular complexity index is 974. The number of hydrogen-bond donors (Lipinski definition) is 5. The first-order valence-corrected chi connectivity index (χ1v) is 21.4. The summed E-state index contributed by atoms with van der Waals surface area (Å²) in [7, 11) is 0. The number of amidine groups is 3. The molecule has 2 aliphatic heterocycles. The van der Waals surface area contributed by atoms with Gasteiger partial charge in [-0.1, -0.05) is 93.2 Å². The first-order chi connectivity index (χ1) is 23.9. The molecule has 0 aromatic carbocycles. The average Bonchev–Trinajstić information content (AvgIpc) is 3.67. The largest absolute Gasteiger partial charge is 0.388 e. The Morgan fingerprint density at radius 3 is 1.48 bits per heavy atom. The summed E-state index contributed by atoms with van der Waals surface area (Å²) in [6, 6.07) is 0.660. The number of aliphatic imine (C=N–C) groups is 4. The van der Waals surface area contributed by atoms with E-state index in [0.717, 1.165) is 61.7 Å². The van der Waals surface area contributed by atoms with Crippen LogP contribution in [0.3, 0.4) is 0 Å². The first kappa shape index (κ1) is 59.1. The molecule has 0 fully saturated rings. The van der Waals surface area contributed by atoms with Crippen molar-refractivity contribution in [1.29, 1.82) is 10.8 Å². The van der Waals surface area contributed by atoms with Gasteiger partial charge in [-0.3, -0.25) is 20.0 Å². The Kier molecular flexibility index (Phi) is 45.6. The van der Waals surface area contributed by atoms with Gasteiger partial charge in [0.2, 0.25) is 0 Å². The maximum absolute atomic E-state index is 7.02. The molecule has 0 aliphatic carbocycles. The summed E-state index contributed by atoms with van der Waals surface area (Å²) in [6.45, 7) is 40.1. The van der Waals surface area contributed by atoms with Crippen LogP contribution in [-0.2, 0) is 0 Å². The molecule has 2 rings (SSSR count). The lowest BCUT2D eigenvalue weighted by Crippen LogP contribution is -2.19. The normalized spacial score (nSPS) is 13.7. The van der Waals surface area contributed by atoms with Crippen LogP contribution in [-0.4, -0.2) is 77.0 Å². The third kappa shape index (κ3) is 62.9. The molecule has 0 unspecified atom stereocenters. The van der Waals surface area contributed by atoms with Gasteiger partial charge in [0, 0.05) is 48.8 Å². The van der Waals surface area contributed by atoms with E-state index >= 15 is 0 Å². The van der Waals surface area contributed by atoms with Crippen LogP contribution in [0.25, 0.3) is 0 Å². The van der Waals surface area contributed by atoms with Crippen molar-refractivity contribution >= 4 is 56.8 Å². The van der Waals surface area contributed by atoms with Gasteiger partial charge in [-0.15, -0.1) is 11.8 Å². The predicted molar refractivity (Wildman–Crippen MR) is 247 cm³/mol. The molecule has 0 aromatic rings. The van der Waals surface area contributed by atoms with Crippen molar-refractivity contribution in [2.75, 3.05) is 31.6 Å². The number of thioether (sulfide) groups is 2. The van der Waals surface area contributed by atoms with E-state index in [1.165, 1.54) is 34.8 Å². The zero-order valence-corrected chi connectivity index (χ0v) is 39.0. The van der Waals surface area contributed by atoms with Gasteiger partial charge in [0.1, 0.15) is 0 Å². The molecule has 0 saturated carbocycles. The molecule has 2 aliphatic rings. The zero-order valence-electron chi connectivity index (χ0n) is 37.4. The lowest BCUT2D eigenvalue weighted by molar-refractivity contribution is 0.675. The number of allylic oxidation sites excluding steroid dienone is 2. The fourth-order valence-electron chi connectivity index (χ4n) is 3.53. The molecule has 9 nitrogen and oxygen atoms in total.